The highest BCUT2D eigenvalue weighted by atomic mass is 15.2. The Balaban J connectivity index is 2.42. The second kappa shape index (κ2) is 2.30. The van der Waals surface area contributed by atoms with Gasteiger partial charge in [0.2, 0.25) is 0 Å². The van der Waals surface area contributed by atoms with Gasteiger partial charge in [0.25, 0.3) is 0 Å². The van der Waals surface area contributed by atoms with Gasteiger partial charge >= 0.3 is 0 Å². The van der Waals surface area contributed by atoms with Crippen molar-refractivity contribution < 1.29 is 0 Å². The molecule has 9 heavy (non-hydrogen) atoms. The topological polar surface area (TPSA) is 3.24 Å². The highest BCUT2D eigenvalue weighted by Crippen LogP contribution is 2.22. The van der Waals surface area contributed by atoms with Crippen LogP contribution in [-0.4, -0.2) is 17.0 Å². The van der Waals surface area contributed by atoms with Crippen LogP contribution in [0.25, 0.3) is 0 Å². The Morgan fingerprint density at radius 1 is 1.33 bits per heavy atom. The molecule has 0 unspecified atom stereocenters. The van der Waals surface area contributed by atoms with Gasteiger partial charge in [0.15, 0.2) is 0 Å². The molecule has 1 nitrogen and oxygen atoms in total. The third-order valence-corrected chi connectivity index (χ3v) is 1.81. The lowest BCUT2D eigenvalue weighted by Crippen LogP contribution is -2.36. The third-order valence-electron chi connectivity index (χ3n) is 1.81. The van der Waals surface area contributed by atoms with Crippen LogP contribution in [-0.2, 0) is 0 Å². The van der Waals surface area contributed by atoms with Gasteiger partial charge in [-0.2, -0.15) is 0 Å². The van der Waals surface area contributed by atoms with Crippen molar-refractivity contribution in [3.8, 4) is 0 Å². The van der Waals surface area contributed by atoms with E-state index in [1.165, 1.54) is 19.4 Å². The summed E-state index contributed by atoms with van der Waals surface area (Å²) in [5.41, 5.74) is 0.358. The fourth-order valence-electron chi connectivity index (χ4n) is 1.21. The molecular formula is C8H16N. The average molecular weight is 126 g/mol. The molecule has 0 bridgehead atoms. The van der Waals surface area contributed by atoms with Gasteiger partial charge in [-0.25, -0.2) is 0 Å². The van der Waals surface area contributed by atoms with E-state index in [1.807, 2.05) is 0 Å². The van der Waals surface area contributed by atoms with Gasteiger partial charge in [0, 0.05) is 12.1 Å². The van der Waals surface area contributed by atoms with Crippen molar-refractivity contribution in [2.75, 3.05) is 6.54 Å². The smallest absolute Gasteiger partial charge is 0.0257 e. The Morgan fingerprint density at radius 3 is 2.22 bits per heavy atom. The van der Waals surface area contributed by atoms with E-state index in [1.54, 1.807) is 0 Å². The maximum Gasteiger partial charge on any atom is 0.0257 e. The minimum Gasteiger partial charge on any atom is -0.294 e. The van der Waals surface area contributed by atoms with Crippen molar-refractivity contribution in [3.63, 3.8) is 0 Å². The molecule has 53 valence electrons. The number of hydrogen-bond donors (Lipinski definition) is 0. The molecule has 0 amide bonds. The summed E-state index contributed by atoms with van der Waals surface area (Å²) in [6.07, 6.45) is 2.62. The second-order valence-electron chi connectivity index (χ2n) is 3.69. The summed E-state index contributed by atoms with van der Waals surface area (Å²) < 4.78 is 0. The van der Waals surface area contributed by atoms with Gasteiger partial charge in [-0.1, -0.05) is 0 Å². The summed E-state index contributed by atoms with van der Waals surface area (Å²) >= 11 is 0. The predicted octanol–water partition coefficient (Wildman–Crippen LogP) is 2.04. The van der Waals surface area contributed by atoms with Crippen molar-refractivity contribution in [1.29, 1.82) is 0 Å². The number of likely N-dealkylation sites (tertiary alicyclic amines) is 1. The SMILES string of the molecule is CC(C)(C)N1[CH]CCC1. The van der Waals surface area contributed by atoms with Crippen molar-refractivity contribution in [3.05, 3.63) is 6.54 Å². The van der Waals surface area contributed by atoms with Crippen molar-refractivity contribution in [2.45, 2.75) is 39.2 Å². The molecule has 0 aromatic rings. The van der Waals surface area contributed by atoms with Crippen molar-refractivity contribution in [2.24, 2.45) is 0 Å². The van der Waals surface area contributed by atoms with E-state index in [0.717, 1.165) is 0 Å². The van der Waals surface area contributed by atoms with E-state index >= 15 is 0 Å². The van der Waals surface area contributed by atoms with Crippen LogP contribution in [0.2, 0.25) is 0 Å². The molecule has 1 heterocycles. The molecule has 0 atom stereocenters. The molecular weight excluding hydrogens is 110 g/mol. The Morgan fingerprint density at radius 2 is 2.00 bits per heavy atom. The lowest BCUT2D eigenvalue weighted by atomic mass is 10.1. The van der Waals surface area contributed by atoms with Gasteiger partial charge in [0.05, 0.1) is 0 Å². The first-order valence-electron chi connectivity index (χ1n) is 3.71. The third kappa shape index (κ3) is 1.68. The second-order valence-corrected chi connectivity index (χ2v) is 3.69. The van der Waals surface area contributed by atoms with Crippen molar-refractivity contribution >= 4 is 0 Å². The number of hydrogen-bond acceptors (Lipinski definition) is 1. The van der Waals surface area contributed by atoms with E-state index in [2.05, 4.69) is 32.2 Å². The molecule has 1 radical (unpaired) electrons. The van der Waals surface area contributed by atoms with E-state index in [4.69, 9.17) is 0 Å². The Bertz CT molecular complexity index is 85.2. The normalized spacial score (nSPS) is 23.0. The Kier molecular flexibility index (Phi) is 1.80. The van der Waals surface area contributed by atoms with E-state index < -0.39 is 0 Å². The predicted molar refractivity (Wildman–Crippen MR) is 40.0 cm³/mol. The molecule has 0 aromatic carbocycles. The summed E-state index contributed by atoms with van der Waals surface area (Å²) in [5, 5.41) is 0. The molecule has 1 rings (SSSR count). The summed E-state index contributed by atoms with van der Waals surface area (Å²) in [6.45, 7) is 10.3. The van der Waals surface area contributed by atoms with Crippen LogP contribution < -0.4 is 0 Å². The molecule has 0 saturated carbocycles. The molecule has 1 aliphatic rings. The molecule has 0 aromatic heterocycles. The quantitative estimate of drug-likeness (QED) is 0.480. The first kappa shape index (κ1) is 7.07. The fraction of sp³-hybridized carbons (Fsp3) is 0.875. The van der Waals surface area contributed by atoms with Gasteiger partial charge in [-0.15, -0.1) is 0 Å². The fourth-order valence-corrected chi connectivity index (χ4v) is 1.21. The van der Waals surface area contributed by atoms with E-state index in [-0.39, 0.29) is 0 Å². The van der Waals surface area contributed by atoms with Crippen LogP contribution in [0, 0.1) is 6.54 Å². The standard InChI is InChI=1S/C8H16N/c1-8(2,3)9-6-4-5-7-9/h6H,4-5,7H2,1-3H3. The van der Waals surface area contributed by atoms with Crippen LogP contribution in [0.1, 0.15) is 33.6 Å². The highest BCUT2D eigenvalue weighted by molar-refractivity contribution is 4.86. The first-order chi connectivity index (χ1) is 4.11. The Hall–Kier alpha value is -0.0400. The van der Waals surface area contributed by atoms with E-state index in [9.17, 15) is 0 Å². The lowest BCUT2D eigenvalue weighted by molar-refractivity contribution is 0.207. The number of rotatable bonds is 0. The van der Waals surface area contributed by atoms with Gasteiger partial charge in [-0.3, -0.25) is 4.90 Å². The van der Waals surface area contributed by atoms with E-state index in [0.29, 0.717) is 5.54 Å². The molecule has 0 spiro atoms. The minimum absolute atomic E-state index is 0.358. The first-order valence-corrected chi connectivity index (χ1v) is 3.71. The lowest BCUT2D eigenvalue weighted by Gasteiger charge is -2.30. The zero-order chi connectivity index (χ0) is 6.91. The van der Waals surface area contributed by atoms with Gasteiger partial charge in [-0.05, 0) is 40.2 Å². The highest BCUT2D eigenvalue weighted by Gasteiger charge is 2.23. The summed E-state index contributed by atoms with van der Waals surface area (Å²) in [5.74, 6) is 0. The average Bonchev–Trinajstić information content (AvgIpc) is 2.08. The van der Waals surface area contributed by atoms with Crippen LogP contribution >= 0.6 is 0 Å². The van der Waals surface area contributed by atoms with Crippen LogP contribution in [0.3, 0.4) is 0 Å². The summed E-state index contributed by atoms with van der Waals surface area (Å²) in [7, 11) is 0. The summed E-state index contributed by atoms with van der Waals surface area (Å²) in [4.78, 5) is 2.42. The molecule has 1 fully saturated rings. The zero-order valence-electron chi connectivity index (χ0n) is 6.65. The number of nitrogens with zero attached hydrogens (tertiary/aromatic N) is 1. The maximum atomic E-state index is 2.42. The molecule has 1 aliphatic heterocycles. The molecule has 0 aliphatic carbocycles. The van der Waals surface area contributed by atoms with Gasteiger partial charge in [0.1, 0.15) is 0 Å². The molecule has 1 saturated heterocycles. The molecule has 0 N–H and O–H groups in total. The zero-order valence-corrected chi connectivity index (χ0v) is 6.65. The van der Waals surface area contributed by atoms with Crippen LogP contribution in [0.5, 0.6) is 0 Å². The Labute approximate surface area is 58.0 Å². The van der Waals surface area contributed by atoms with Crippen molar-refractivity contribution in [1.82, 2.24) is 4.90 Å². The minimum atomic E-state index is 0.358. The van der Waals surface area contributed by atoms with Crippen LogP contribution in [0.15, 0.2) is 0 Å². The monoisotopic (exact) mass is 126 g/mol. The largest absolute Gasteiger partial charge is 0.294 e. The van der Waals surface area contributed by atoms with Crippen LogP contribution in [0.4, 0.5) is 0 Å². The maximum absolute atomic E-state index is 2.42. The van der Waals surface area contributed by atoms with Gasteiger partial charge < -0.3 is 0 Å². The molecule has 1 heteroatoms. The summed E-state index contributed by atoms with van der Waals surface area (Å²) in [6, 6.07) is 0.